The first-order valence-corrected chi connectivity index (χ1v) is 8.37. The van der Waals surface area contributed by atoms with Crippen LogP contribution in [0, 0.1) is 10.1 Å². The fraction of sp³-hybridized carbons (Fsp3) is 0.471. The summed E-state index contributed by atoms with van der Waals surface area (Å²) >= 11 is 0. The van der Waals surface area contributed by atoms with Crippen LogP contribution in [-0.2, 0) is 14.3 Å². The van der Waals surface area contributed by atoms with Crippen LogP contribution in [-0.4, -0.2) is 56.0 Å². The van der Waals surface area contributed by atoms with Crippen LogP contribution in [0.15, 0.2) is 18.2 Å². The van der Waals surface area contributed by atoms with Crippen molar-refractivity contribution in [3.05, 3.63) is 33.9 Å². The standard InChI is InChI=1S/C17H24N4O6/c1-5-8-18-16(23)11(2)19-15(22)10-27-17(24)13-9-12(21(25)26)6-7-14(13)20(3)4/h6-7,9,11H,5,8,10H2,1-4H3,(H,18,23)(H,19,22)/t11-/m0/s1. The zero-order chi connectivity index (χ0) is 20.6. The summed E-state index contributed by atoms with van der Waals surface area (Å²) in [5.74, 6) is -1.87. The van der Waals surface area contributed by atoms with Crippen LogP contribution < -0.4 is 15.5 Å². The van der Waals surface area contributed by atoms with Crippen LogP contribution >= 0.6 is 0 Å². The lowest BCUT2D eigenvalue weighted by atomic mass is 10.1. The number of hydrogen-bond acceptors (Lipinski definition) is 7. The largest absolute Gasteiger partial charge is 0.452 e. The van der Waals surface area contributed by atoms with E-state index in [1.54, 1.807) is 19.0 Å². The number of nitro benzene ring substituents is 1. The Balaban J connectivity index is 2.73. The number of carbonyl (C=O) groups excluding carboxylic acids is 3. The molecule has 1 aromatic rings. The number of esters is 1. The Bertz CT molecular complexity index is 719. The molecule has 2 amide bonds. The zero-order valence-corrected chi connectivity index (χ0v) is 15.8. The van der Waals surface area contributed by atoms with Gasteiger partial charge in [0.05, 0.1) is 16.2 Å². The Hall–Kier alpha value is -3.17. The minimum atomic E-state index is -0.874. The lowest BCUT2D eigenvalue weighted by molar-refractivity contribution is -0.384. The lowest BCUT2D eigenvalue weighted by Crippen LogP contribution is -2.46. The number of rotatable bonds is 9. The summed E-state index contributed by atoms with van der Waals surface area (Å²) in [6.07, 6.45) is 0.765. The molecular weight excluding hydrogens is 356 g/mol. The Labute approximate surface area is 157 Å². The first-order valence-electron chi connectivity index (χ1n) is 8.37. The Morgan fingerprint density at radius 1 is 1.30 bits per heavy atom. The second kappa shape index (κ2) is 10.1. The van der Waals surface area contributed by atoms with Crippen LogP contribution in [0.4, 0.5) is 11.4 Å². The van der Waals surface area contributed by atoms with E-state index in [0.717, 1.165) is 12.5 Å². The van der Waals surface area contributed by atoms with Crippen molar-refractivity contribution in [3.63, 3.8) is 0 Å². The molecule has 0 saturated carbocycles. The highest BCUT2D eigenvalue weighted by molar-refractivity contribution is 5.98. The van der Waals surface area contributed by atoms with E-state index < -0.39 is 29.4 Å². The molecule has 0 radical (unpaired) electrons. The van der Waals surface area contributed by atoms with Gasteiger partial charge in [-0.2, -0.15) is 0 Å². The van der Waals surface area contributed by atoms with Crippen molar-refractivity contribution in [2.75, 3.05) is 32.1 Å². The van der Waals surface area contributed by atoms with Gasteiger partial charge >= 0.3 is 5.97 Å². The molecular formula is C17H24N4O6. The number of nitrogens with one attached hydrogen (secondary N) is 2. The first-order chi connectivity index (χ1) is 12.7. The molecule has 0 spiro atoms. The van der Waals surface area contributed by atoms with Crippen molar-refractivity contribution >= 4 is 29.2 Å². The first kappa shape index (κ1) is 21.9. The zero-order valence-electron chi connectivity index (χ0n) is 15.8. The third kappa shape index (κ3) is 6.57. The van der Waals surface area contributed by atoms with E-state index in [9.17, 15) is 24.5 Å². The average molecular weight is 380 g/mol. The van der Waals surface area contributed by atoms with Crippen molar-refractivity contribution in [2.24, 2.45) is 0 Å². The molecule has 10 nitrogen and oxygen atoms in total. The summed E-state index contributed by atoms with van der Waals surface area (Å²) < 4.78 is 4.95. The van der Waals surface area contributed by atoms with E-state index in [2.05, 4.69) is 10.6 Å². The smallest absolute Gasteiger partial charge is 0.341 e. The Morgan fingerprint density at radius 2 is 1.96 bits per heavy atom. The molecule has 0 fully saturated rings. The van der Waals surface area contributed by atoms with Crippen molar-refractivity contribution < 1.29 is 24.0 Å². The van der Waals surface area contributed by atoms with Gasteiger partial charge in [-0.1, -0.05) is 6.92 Å². The number of nitrogens with zero attached hydrogens (tertiary/aromatic N) is 2. The fourth-order valence-electron chi connectivity index (χ4n) is 2.15. The third-order valence-corrected chi connectivity index (χ3v) is 3.55. The van der Waals surface area contributed by atoms with Gasteiger partial charge in [0, 0.05) is 32.8 Å². The van der Waals surface area contributed by atoms with Crippen molar-refractivity contribution in [3.8, 4) is 0 Å². The van der Waals surface area contributed by atoms with E-state index in [-0.39, 0.29) is 17.2 Å². The van der Waals surface area contributed by atoms with Crippen LogP contribution in [0.1, 0.15) is 30.6 Å². The molecule has 10 heteroatoms. The number of ether oxygens (including phenoxy) is 1. The summed E-state index contributed by atoms with van der Waals surface area (Å²) in [5.41, 5.74) is 0.118. The van der Waals surface area contributed by atoms with E-state index in [4.69, 9.17) is 4.74 Å². The van der Waals surface area contributed by atoms with Crippen molar-refractivity contribution in [2.45, 2.75) is 26.3 Å². The molecule has 1 rings (SSSR count). The molecule has 0 heterocycles. The average Bonchev–Trinajstić information content (AvgIpc) is 2.63. The van der Waals surface area contributed by atoms with Gasteiger partial charge in [-0.05, 0) is 19.4 Å². The number of anilines is 1. The molecule has 27 heavy (non-hydrogen) atoms. The SMILES string of the molecule is CCCNC(=O)[C@H](C)NC(=O)COC(=O)c1cc([N+](=O)[O-])ccc1N(C)C. The van der Waals surface area contributed by atoms with Crippen LogP contribution in [0.3, 0.4) is 0 Å². The number of non-ortho nitro benzene ring substituents is 1. The Morgan fingerprint density at radius 3 is 2.52 bits per heavy atom. The number of hydrogen-bond donors (Lipinski definition) is 2. The summed E-state index contributed by atoms with van der Waals surface area (Å²) in [6.45, 7) is 3.29. The maximum Gasteiger partial charge on any atom is 0.341 e. The van der Waals surface area contributed by atoms with E-state index in [1.807, 2.05) is 6.92 Å². The normalized spacial score (nSPS) is 11.3. The molecule has 1 atom stereocenters. The summed E-state index contributed by atoms with van der Waals surface area (Å²) in [7, 11) is 3.34. The van der Waals surface area contributed by atoms with Gasteiger partial charge in [0.15, 0.2) is 6.61 Å². The monoisotopic (exact) mass is 380 g/mol. The quantitative estimate of drug-likeness (QED) is 0.369. The minimum Gasteiger partial charge on any atom is -0.452 e. The number of benzene rings is 1. The predicted molar refractivity (Wildman–Crippen MR) is 98.6 cm³/mol. The van der Waals surface area contributed by atoms with E-state index >= 15 is 0 Å². The van der Waals surface area contributed by atoms with Crippen LogP contribution in [0.2, 0.25) is 0 Å². The highest BCUT2D eigenvalue weighted by atomic mass is 16.6. The predicted octanol–water partition coefficient (Wildman–Crippen LogP) is 0.849. The maximum absolute atomic E-state index is 12.3. The van der Waals surface area contributed by atoms with Gasteiger partial charge in [-0.3, -0.25) is 19.7 Å². The van der Waals surface area contributed by atoms with E-state index in [1.165, 1.54) is 19.1 Å². The molecule has 2 N–H and O–H groups in total. The minimum absolute atomic E-state index is 0.0317. The van der Waals surface area contributed by atoms with Gasteiger partial charge in [-0.25, -0.2) is 4.79 Å². The molecule has 0 aliphatic heterocycles. The summed E-state index contributed by atoms with van der Waals surface area (Å²) in [5, 5.41) is 16.0. The fourth-order valence-corrected chi connectivity index (χ4v) is 2.15. The van der Waals surface area contributed by atoms with Gasteiger partial charge in [-0.15, -0.1) is 0 Å². The number of amides is 2. The molecule has 0 aliphatic rings. The van der Waals surface area contributed by atoms with Crippen molar-refractivity contribution in [1.82, 2.24) is 10.6 Å². The molecule has 0 aromatic heterocycles. The second-order valence-electron chi connectivity index (χ2n) is 6.01. The molecule has 0 saturated heterocycles. The van der Waals surface area contributed by atoms with Crippen molar-refractivity contribution in [1.29, 1.82) is 0 Å². The van der Waals surface area contributed by atoms with Gasteiger partial charge in [0.1, 0.15) is 6.04 Å². The van der Waals surface area contributed by atoms with E-state index in [0.29, 0.717) is 12.2 Å². The molecule has 0 unspecified atom stereocenters. The highest BCUT2D eigenvalue weighted by Gasteiger charge is 2.21. The second-order valence-corrected chi connectivity index (χ2v) is 6.01. The lowest BCUT2D eigenvalue weighted by Gasteiger charge is -2.17. The van der Waals surface area contributed by atoms with Crippen LogP contribution in [0.5, 0.6) is 0 Å². The topological polar surface area (TPSA) is 131 Å². The third-order valence-electron chi connectivity index (χ3n) is 3.55. The maximum atomic E-state index is 12.3. The van der Waals surface area contributed by atoms with Gasteiger partial charge in [0.2, 0.25) is 5.91 Å². The Kier molecular flexibility index (Phi) is 8.18. The molecule has 0 bridgehead atoms. The number of nitro groups is 1. The molecule has 148 valence electrons. The summed E-state index contributed by atoms with van der Waals surface area (Å²) in [6, 6.07) is 3.01. The molecule has 1 aromatic carbocycles. The molecule has 0 aliphatic carbocycles. The van der Waals surface area contributed by atoms with Gasteiger partial charge < -0.3 is 20.3 Å². The highest BCUT2D eigenvalue weighted by Crippen LogP contribution is 2.24. The number of carbonyl (C=O) groups is 3. The van der Waals surface area contributed by atoms with Gasteiger partial charge in [0.25, 0.3) is 11.6 Å². The van der Waals surface area contributed by atoms with Crippen LogP contribution in [0.25, 0.3) is 0 Å². The summed E-state index contributed by atoms with van der Waals surface area (Å²) in [4.78, 5) is 47.8.